The van der Waals surface area contributed by atoms with Gasteiger partial charge in [0, 0.05) is 4.90 Å². The van der Waals surface area contributed by atoms with Gasteiger partial charge in [-0.15, -0.1) is 17.7 Å². The zero-order valence-corrected chi connectivity index (χ0v) is 11.7. The summed E-state index contributed by atoms with van der Waals surface area (Å²) < 4.78 is 4.50. The van der Waals surface area contributed by atoms with Crippen LogP contribution in [0.2, 0.25) is 6.82 Å². The van der Waals surface area contributed by atoms with Crippen molar-refractivity contribution in [2.45, 2.75) is 11.7 Å². The van der Waals surface area contributed by atoms with E-state index >= 15 is 0 Å². The summed E-state index contributed by atoms with van der Waals surface area (Å²) in [5.74, 6) is 0. The smallest absolute Gasteiger partial charge is 0.243 e. The number of thiol groups is 1. The first-order valence-electron chi connectivity index (χ1n) is 6.00. The van der Waals surface area contributed by atoms with E-state index in [0.717, 1.165) is 15.9 Å². The van der Waals surface area contributed by atoms with Gasteiger partial charge in [0.15, 0.2) is 0 Å². The van der Waals surface area contributed by atoms with Crippen molar-refractivity contribution < 1.29 is 4.63 Å². The number of rotatable bonds is 2. The highest BCUT2D eigenvalue weighted by molar-refractivity contribution is 7.80. The van der Waals surface area contributed by atoms with Crippen LogP contribution in [0, 0.1) is 4.91 Å². The lowest BCUT2D eigenvalue weighted by Crippen LogP contribution is -2.23. The molecule has 0 bridgehead atoms. The van der Waals surface area contributed by atoms with Crippen molar-refractivity contribution >= 4 is 36.0 Å². The number of hydrogen-bond donors (Lipinski definition) is 1. The van der Waals surface area contributed by atoms with Gasteiger partial charge in [-0.05, 0) is 22.4 Å². The molecule has 0 aliphatic rings. The van der Waals surface area contributed by atoms with Gasteiger partial charge in [-0.1, -0.05) is 48.7 Å². The fourth-order valence-corrected chi connectivity index (χ4v) is 1.83. The van der Waals surface area contributed by atoms with Crippen molar-refractivity contribution in [1.29, 1.82) is 0 Å². The third-order valence-corrected chi connectivity index (χ3v) is 3.07. The molecule has 0 atom stereocenters. The zero-order chi connectivity index (χ0) is 14.4. The third kappa shape index (κ3) is 3.45. The minimum absolute atomic E-state index is 0.221. The van der Waals surface area contributed by atoms with Crippen molar-refractivity contribution in [3.05, 3.63) is 53.4 Å². The van der Waals surface area contributed by atoms with Crippen LogP contribution >= 0.6 is 12.6 Å². The standard InChI is InChI=1S/C7H8BNO.C6H4N2OS/c1-8(9-10)7-5-3-2-4-6-7;10-5-3-1-2-4-6(5)8-9-7-4/h2-6H,1H3;1-3,10H. The molecule has 1 aromatic heterocycles. The number of fused-ring (bicyclic) bond motifs is 1. The summed E-state index contributed by atoms with van der Waals surface area (Å²) in [5, 5.41) is 10.2. The van der Waals surface area contributed by atoms with Crippen LogP contribution in [0.4, 0.5) is 0 Å². The van der Waals surface area contributed by atoms with Crippen LogP contribution in [0.3, 0.4) is 0 Å². The van der Waals surface area contributed by atoms with Gasteiger partial charge < -0.3 is 0 Å². The Kier molecular flexibility index (Phi) is 4.89. The maximum atomic E-state index is 10.1. The molecule has 0 N–H and O–H groups in total. The first-order valence-corrected chi connectivity index (χ1v) is 6.44. The first-order chi connectivity index (χ1) is 9.72. The topological polar surface area (TPSA) is 68.3 Å². The molecule has 0 amide bonds. The lowest BCUT2D eigenvalue weighted by atomic mass is 9.60. The van der Waals surface area contributed by atoms with Gasteiger partial charge in [-0.2, -0.15) is 4.91 Å². The summed E-state index contributed by atoms with van der Waals surface area (Å²) in [6, 6.07) is 15.0. The van der Waals surface area contributed by atoms with E-state index in [1.165, 1.54) is 0 Å². The molecule has 2 aromatic carbocycles. The van der Waals surface area contributed by atoms with Crippen LogP contribution in [0.5, 0.6) is 0 Å². The SMILES string of the molecule is CB(N=O)c1ccccc1.Sc1cccc2nonc12. The van der Waals surface area contributed by atoms with Crippen LogP contribution in [0.25, 0.3) is 11.0 Å². The van der Waals surface area contributed by atoms with E-state index in [1.54, 1.807) is 6.82 Å². The van der Waals surface area contributed by atoms with Crippen LogP contribution in [-0.4, -0.2) is 17.2 Å². The van der Waals surface area contributed by atoms with Crippen molar-refractivity contribution in [3.8, 4) is 0 Å². The summed E-state index contributed by atoms with van der Waals surface area (Å²) in [4.78, 5) is 10.8. The van der Waals surface area contributed by atoms with Gasteiger partial charge in [0.25, 0.3) is 0 Å². The molecule has 0 spiro atoms. The minimum Gasteiger partial charge on any atom is -0.243 e. The molecule has 1 heterocycles. The Morgan fingerprint density at radius 2 is 1.85 bits per heavy atom. The average Bonchev–Trinajstić information content (AvgIpc) is 2.98. The largest absolute Gasteiger partial charge is 0.366 e. The molecule has 0 radical (unpaired) electrons. The molecule has 0 aliphatic carbocycles. The maximum absolute atomic E-state index is 10.1. The summed E-state index contributed by atoms with van der Waals surface area (Å²) in [6.07, 6.45) is 0. The van der Waals surface area contributed by atoms with Crippen LogP contribution < -0.4 is 5.46 Å². The molecule has 3 aromatic rings. The molecule has 7 heteroatoms. The first kappa shape index (κ1) is 14.3. The molecule has 5 nitrogen and oxygen atoms in total. The molecule has 0 unspecified atom stereocenters. The van der Waals surface area contributed by atoms with Crippen LogP contribution in [-0.2, 0) is 0 Å². The summed E-state index contributed by atoms with van der Waals surface area (Å²) in [7, 11) is 0. The van der Waals surface area contributed by atoms with Gasteiger partial charge in [-0.25, -0.2) is 4.63 Å². The number of aromatic nitrogens is 2. The molecule has 0 aliphatic heterocycles. The average molecular weight is 285 g/mol. The lowest BCUT2D eigenvalue weighted by molar-refractivity contribution is 0.315. The normalized spacial score (nSPS) is 9.70. The molecule has 0 fully saturated rings. The van der Waals surface area contributed by atoms with Gasteiger partial charge >= 0.3 is 6.85 Å². The molecule has 100 valence electrons. The molecule has 0 saturated heterocycles. The highest BCUT2D eigenvalue weighted by Gasteiger charge is 2.08. The Balaban J connectivity index is 0.000000147. The number of hydrogen-bond acceptors (Lipinski definition) is 6. The second-order valence-electron chi connectivity index (χ2n) is 4.10. The van der Waals surface area contributed by atoms with Crippen LogP contribution in [0.15, 0.2) is 63.1 Å². The highest BCUT2D eigenvalue weighted by Crippen LogP contribution is 2.16. The van der Waals surface area contributed by atoms with Gasteiger partial charge in [-0.3, -0.25) is 0 Å². The van der Waals surface area contributed by atoms with E-state index in [1.807, 2.05) is 48.5 Å². The molecular formula is C13H12BN3O2S. The molecule has 0 saturated carbocycles. The second-order valence-corrected chi connectivity index (χ2v) is 4.58. The van der Waals surface area contributed by atoms with Crippen molar-refractivity contribution in [1.82, 2.24) is 10.3 Å². The Morgan fingerprint density at radius 3 is 2.50 bits per heavy atom. The number of benzene rings is 2. The summed E-state index contributed by atoms with van der Waals surface area (Å²) in [6.45, 7) is 1.56. The second kappa shape index (κ2) is 6.86. The van der Waals surface area contributed by atoms with E-state index in [4.69, 9.17) is 0 Å². The van der Waals surface area contributed by atoms with Gasteiger partial charge in [0.2, 0.25) is 0 Å². The van der Waals surface area contributed by atoms with Crippen molar-refractivity contribution in [2.75, 3.05) is 0 Å². The molecular weight excluding hydrogens is 273 g/mol. The predicted molar refractivity (Wildman–Crippen MR) is 82.5 cm³/mol. The monoisotopic (exact) mass is 285 g/mol. The Labute approximate surface area is 121 Å². The molecule has 3 rings (SSSR count). The van der Waals surface area contributed by atoms with Crippen LogP contribution in [0.1, 0.15) is 0 Å². The van der Waals surface area contributed by atoms with E-state index in [0.29, 0.717) is 5.52 Å². The lowest BCUT2D eigenvalue weighted by Gasteiger charge is -1.95. The highest BCUT2D eigenvalue weighted by atomic mass is 32.1. The van der Waals surface area contributed by atoms with E-state index in [2.05, 4.69) is 32.7 Å². The molecule has 20 heavy (non-hydrogen) atoms. The third-order valence-electron chi connectivity index (χ3n) is 2.70. The minimum atomic E-state index is -0.221. The summed E-state index contributed by atoms with van der Waals surface area (Å²) >= 11 is 4.15. The van der Waals surface area contributed by atoms with E-state index in [-0.39, 0.29) is 6.85 Å². The Morgan fingerprint density at radius 1 is 1.10 bits per heavy atom. The number of nitrogens with zero attached hydrogens (tertiary/aromatic N) is 3. The van der Waals surface area contributed by atoms with Crippen molar-refractivity contribution in [2.24, 2.45) is 5.09 Å². The maximum Gasteiger partial charge on any atom is 0.366 e. The quantitative estimate of drug-likeness (QED) is 0.446. The predicted octanol–water partition coefficient (Wildman–Crippen LogP) is 2.79. The Bertz CT molecular complexity index is 690. The van der Waals surface area contributed by atoms with Crippen molar-refractivity contribution in [3.63, 3.8) is 0 Å². The van der Waals surface area contributed by atoms with E-state index in [9.17, 15) is 4.91 Å². The number of nitroso groups, excluding NO2 is 1. The fourth-order valence-electron chi connectivity index (χ4n) is 1.58. The fraction of sp³-hybridized carbons (Fsp3) is 0.0769. The van der Waals surface area contributed by atoms with Gasteiger partial charge in [0.1, 0.15) is 11.0 Å². The summed E-state index contributed by atoms with van der Waals surface area (Å²) in [5.41, 5.74) is 2.43. The zero-order valence-electron chi connectivity index (χ0n) is 10.8. The van der Waals surface area contributed by atoms with Gasteiger partial charge in [0.05, 0.1) is 0 Å². The van der Waals surface area contributed by atoms with E-state index < -0.39 is 0 Å². The Hall–Kier alpha value is -2.15.